The van der Waals surface area contributed by atoms with Crippen molar-refractivity contribution in [1.82, 2.24) is 24.6 Å². The molecule has 4 heterocycles. The van der Waals surface area contributed by atoms with E-state index < -0.39 is 5.91 Å². The highest BCUT2D eigenvalue weighted by Gasteiger charge is 2.27. The molecule has 0 saturated carbocycles. The molecule has 144 valence electrons. The predicted octanol–water partition coefficient (Wildman–Crippen LogP) is 1.29. The molecule has 4 rings (SSSR count). The molecule has 0 aliphatic carbocycles. The van der Waals surface area contributed by atoms with Gasteiger partial charge in [0.25, 0.3) is 0 Å². The van der Waals surface area contributed by atoms with Gasteiger partial charge in [0, 0.05) is 37.8 Å². The fourth-order valence-electron chi connectivity index (χ4n) is 4.15. The molecule has 0 aromatic carbocycles. The number of pyridine rings is 1. The Morgan fingerprint density at radius 3 is 2.81 bits per heavy atom. The molecule has 1 atom stereocenters. The number of nitrogens with two attached hydrogens (primary N) is 1. The maximum absolute atomic E-state index is 11.5. The highest BCUT2D eigenvalue weighted by molar-refractivity contribution is 5.93. The molecule has 1 unspecified atom stereocenters. The third kappa shape index (κ3) is 3.80. The molecule has 8 heteroatoms. The third-order valence-electron chi connectivity index (χ3n) is 5.70. The lowest BCUT2D eigenvalue weighted by Crippen LogP contribution is -2.36. The standard InChI is InChI=1S/C19H27N7O/c1-24-17(13-25-8-2-3-9-25)22-23-19(24)15-5-4-10-26(12-15)16-11-14(18(20)27)6-7-21-16/h6-7,11,15H,2-5,8-10,12-13H2,1H3,(H2,20,27). The summed E-state index contributed by atoms with van der Waals surface area (Å²) in [7, 11) is 2.08. The molecule has 2 aromatic heterocycles. The van der Waals surface area contributed by atoms with Gasteiger partial charge in [-0.05, 0) is 50.9 Å². The third-order valence-corrected chi connectivity index (χ3v) is 5.70. The van der Waals surface area contributed by atoms with Crippen molar-refractivity contribution in [3.63, 3.8) is 0 Å². The zero-order chi connectivity index (χ0) is 18.8. The number of nitrogens with zero attached hydrogens (tertiary/aromatic N) is 6. The normalized spacial score (nSPS) is 20.9. The summed E-state index contributed by atoms with van der Waals surface area (Å²) < 4.78 is 2.17. The quantitative estimate of drug-likeness (QED) is 0.854. The van der Waals surface area contributed by atoms with Crippen LogP contribution in [0.2, 0.25) is 0 Å². The van der Waals surface area contributed by atoms with Crippen molar-refractivity contribution in [2.24, 2.45) is 12.8 Å². The van der Waals surface area contributed by atoms with Crippen LogP contribution in [0.1, 0.15) is 53.6 Å². The van der Waals surface area contributed by atoms with Gasteiger partial charge in [0.05, 0.1) is 6.54 Å². The van der Waals surface area contributed by atoms with E-state index >= 15 is 0 Å². The van der Waals surface area contributed by atoms with Gasteiger partial charge in [0.2, 0.25) is 5.91 Å². The van der Waals surface area contributed by atoms with Gasteiger partial charge in [-0.15, -0.1) is 10.2 Å². The maximum Gasteiger partial charge on any atom is 0.248 e. The predicted molar refractivity (Wildman–Crippen MR) is 102 cm³/mol. The fraction of sp³-hybridized carbons (Fsp3) is 0.579. The van der Waals surface area contributed by atoms with Crippen molar-refractivity contribution in [2.45, 2.75) is 38.1 Å². The van der Waals surface area contributed by atoms with Crippen LogP contribution < -0.4 is 10.6 Å². The molecule has 8 nitrogen and oxygen atoms in total. The first-order valence-corrected chi connectivity index (χ1v) is 9.73. The molecule has 2 fully saturated rings. The van der Waals surface area contributed by atoms with Crippen molar-refractivity contribution in [1.29, 1.82) is 0 Å². The minimum Gasteiger partial charge on any atom is -0.366 e. The molecule has 1 amide bonds. The van der Waals surface area contributed by atoms with E-state index in [1.54, 1.807) is 18.3 Å². The Kier molecular flexibility index (Phi) is 5.07. The summed E-state index contributed by atoms with van der Waals surface area (Å²) in [6, 6.07) is 3.43. The number of carbonyl (C=O) groups excluding carboxylic acids is 1. The number of amides is 1. The van der Waals surface area contributed by atoms with Crippen molar-refractivity contribution < 1.29 is 4.79 Å². The van der Waals surface area contributed by atoms with Crippen molar-refractivity contribution in [3.8, 4) is 0 Å². The Hall–Kier alpha value is -2.48. The highest BCUT2D eigenvalue weighted by Crippen LogP contribution is 2.29. The summed E-state index contributed by atoms with van der Waals surface area (Å²) in [5.74, 6) is 2.77. The monoisotopic (exact) mass is 369 g/mol. The molecule has 2 aromatic rings. The number of likely N-dealkylation sites (tertiary alicyclic amines) is 1. The van der Waals surface area contributed by atoms with Crippen LogP contribution in [0, 0.1) is 0 Å². The summed E-state index contributed by atoms with van der Waals surface area (Å²) in [6.07, 6.45) is 6.35. The van der Waals surface area contributed by atoms with Crippen LogP contribution in [0.3, 0.4) is 0 Å². The zero-order valence-electron chi connectivity index (χ0n) is 15.8. The summed E-state index contributed by atoms with van der Waals surface area (Å²) in [5.41, 5.74) is 5.90. The molecular formula is C19H27N7O. The SMILES string of the molecule is Cn1c(CN2CCCC2)nnc1C1CCCN(c2cc(C(N)=O)ccn2)C1. The van der Waals surface area contributed by atoms with Crippen LogP contribution >= 0.6 is 0 Å². The maximum atomic E-state index is 11.5. The van der Waals surface area contributed by atoms with Crippen LogP contribution in [0.25, 0.3) is 0 Å². The van der Waals surface area contributed by atoms with Crippen molar-refractivity contribution in [3.05, 3.63) is 35.5 Å². The number of piperidine rings is 1. The van der Waals surface area contributed by atoms with Gasteiger partial charge in [-0.25, -0.2) is 4.98 Å². The largest absolute Gasteiger partial charge is 0.366 e. The first-order chi connectivity index (χ1) is 13.1. The summed E-state index contributed by atoms with van der Waals surface area (Å²) >= 11 is 0. The number of carbonyl (C=O) groups is 1. The molecule has 2 aliphatic rings. The van der Waals surface area contributed by atoms with E-state index in [0.29, 0.717) is 11.5 Å². The van der Waals surface area contributed by atoms with E-state index in [-0.39, 0.29) is 0 Å². The van der Waals surface area contributed by atoms with E-state index in [1.165, 1.54) is 12.8 Å². The number of anilines is 1. The Labute approximate surface area is 159 Å². The van der Waals surface area contributed by atoms with Gasteiger partial charge in [-0.3, -0.25) is 9.69 Å². The Morgan fingerprint density at radius 2 is 2.04 bits per heavy atom. The first kappa shape index (κ1) is 17.9. The van der Waals surface area contributed by atoms with Gasteiger partial charge in [0.1, 0.15) is 17.5 Å². The minimum atomic E-state index is -0.424. The first-order valence-electron chi connectivity index (χ1n) is 9.73. The number of rotatable bonds is 5. The van der Waals surface area contributed by atoms with Crippen LogP contribution in [0.5, 0.6) is 0 Å². The summed E-state index contributed by atoms with van der Waals surface area (Å²) in [5, 5.41) is 8.99. The van der Waals surface area contributed by atoms with E-state index in [2.05, 4.69) is 36.6 Å². The van der Waals surface area contributed by atoms with Crippen LogP contribution in [-0.4, -0.2) is 56.7 Å². The highest BCUT2D eigenvalue weighted by atomic mass is 16.1. The number of hydrogen-bond donors (Lipinski definition) is 1. The average molecular weight is 369 g/mol. The van der Waals surface area contributed by atoms with Crippen LogP contribution in [0.4, 0.5) is 5.82 Å². The van der Waals surface area contributed by atoms with E-state index in [9.17, 15) is 4.79 Å². The summed E-state index contributed by atoms with van der Waals surface area (Å²) in [4.78, 5) is 20.6. The van der Waals surface area contributed by atoms with E-state index in [1.807, 2.05) is 0 Å². The lowest BCUT2D eigenvalue weighted by Gasteiger charge is -2.33. The lowest BCUT2D eigenvalue weighted by molar-refractivity contribution is 0.1000. The van der Waals surface area contributed by atoms with Gasteiger partial charge in [-0.1, -0.05) is 0 Å². The number of primary amides is 1. The summed E-state index contributed by atoms with van der Waals surface area (Å²) in [6.45, 7) is 4.93. The van der Waals surface area contributed by atoms with Gasteiger partial charge in [-0.2, -0.15) is 0 Å². The molecule has 2 saturated heterocycles. The second-order valence-electron chi connectivity index (χ2n) is 7.57. The molecule has 2 aliphatic heterocycles. The molecule has 27 heavy (non-hydrogen) atoms. The smallest absolute Gasteiger partial charge is 0.248 e. The van der Waals surface area contributed by atoms with Crippen LogP contribution in [0.15, 0.2) is 18.3 Å². The van der Waals surface area contributed by atoms with Crippen molar-refractivity contribution >= 4 is 11.7 Å². The number of hydrogen-bond acceptors (Lipinski definition) is 6. The second-order valence-corrected chi connectivity index (χ2v) is 7.57. The van der Waals surface area contributed by atoms with Crippen molar-refractivity contribution in [2.75, 3.05) is 31.1 Å². The average Bonchev–Trinajstić information content (AvgIpc) is 3.33. The van der Waals surface area contributed by atoms with Crippen LogP contribution in [-0.2, 0) is 13.6 Å². The van der Waals surface area contributed by atoms with Gasteiger partial charge < -0.3 is 15.2 Å². The topological polar surface area (TPSA) is 93.2 Å². The molecule has 0 bridgehead atoms. The van der Waals surface area contributed by atoms with E-state index in [4.69, 9.17) is 5.73 Å². The molecular weight excluding hydrogens is 342 g/mol. The van der Waals surface area contributed by atoms with Gasteiger partial charge in [0.15, 0.2) is 0 Å². The Balaban J connectivity index is 1.49. The Bertz CT molecular complexity index is 812. The minimum absolute atomic E-state index is 0.308. The Morgan fingerprint density at radius 1 is 1.22 bits per heavy atom. The fourth-order valence-corrected chi connectivity index (χ4v) is 4.15. The lowest BCUT2D eigenvalue weighted by atomic mass is 9.97. The van der Waals surface area contributed by atoms with Gasteiger partial charge >= 0.3 is 0 Å². The molecule has 0 spiro atoms. The zero-order valence-corrected chi connectivity index (χ0v) is 15.8. The molecule has 2 N–H and O–H groups in total. The molecule has 0 radical (unpaired) electrons. The van der Waals surface area contributed by atoms with E-state index in [0.717, 1.165) is 63.0 Å². The number of aromatic nitrogens is 4. The second kappa shape index (κ2) is 7.64.